The summed E-state index contributed by atoms with van der Waals surface area (Å²) in [4.78, 5) is 0. The third kappa shape index (κ3) is 4.37. The molecule has 1 aromatic rings. The summed E-state index contributed by atoms with van der Waals surface area (Å²) in [5, 5.41) is 3.24. The topological polar surface area (TPSA) is 21.3 Å². The lowest BCUT2D eigenvalue weighted by Gasteiger charge is -2.19. The van der Waals surface area contributed by atoms with E-state index in [1.807, 2.05) is 13.0 Å². The first-order valence-corrected chi connectivity index (χ1v) is 6.75. The maximum absolute atomic E-state index is 13.9. The third-order valence-electron chi connectivity index (χ3n) is 2.44. The van der Waals surface area contributed by atoms with Crippen LogP contribution in [0.15, 0.2) is 22.7 Å². The van der Waals surface area contributed by atoms with Gasteiger partial charge in [0.2, 0.25) is 0 Å². The van der Waals surface area contributed by atoms with Gasteiger partial charge in [0.25, 0.3) is 0 Å². The molecule has 1 unspecified atom stereocenters. The first-order chi connectivity index (χ1) is 8.20. The quantitative estimate of drug-likeness (QED) is 0.776. The molecular formula is C13H19BrFNO. The van der Waals surface area contributed by atoms with Crippen molar-refractivity contribution in [1.29, 1.82) is 0 Å². The fourth-order valence-corrected chi connectivity index (χ4v) is 2.02. The smallest absolute Gasteiger partial charge is 0.142 e. The molecule has 0 fully saturated rings. The van der Waals surface area contributed by atoms with Crippen LogP contribution in [0.25, 0.3) is 0 Å². The van der Waals surface area contributed by atoms with Crippen molar-refractivity contribution in [2.24, 2.45) is 0 Å². The first kappa shape index (κ1) is 14.6. The molecule has 0 heterocycles. The Bertz CT molecular complexity index is 346. The Labute approximate surface area is 111 Å². The molecule has 96 valence electrons. The van der Waals surface area contributed by atoms with Crippen molar-refractivity contribution in [3.63, 3.8) is 0 Å². The number of halogens is 2. The largest absolute Gasteiger partial charge is 0.379 e. The van der Waals surface area contributed by atoms with Crippen LogP contribution in [0, 0.1) is 5.82 Å². The Morgan fingerprint density at radius 3 is 2.82 bits per heavy atom. The van der Waals surface area contributed by atoms with Gasteiger partial charge in [-0.05, 0) is 35.0 Å². The maximum atomic E-state index is 13.9. The molecule has 1 aromatic carbocycles. The van der Waals surface area contributed by atoms with Gasteiger partial charge in [-0.25, -0.2) is 4.39 Å². The van der Waals surface area contributed by atoms with Crippen LogP contribution in [0.5, 0.6) is 0 Å². The third-order valence-corrected chi connectivity index (χ3v) is 3.05. The minimum Gasteiger partial charge on any atom is -0.379 e. The molecule has 1 rings (SSSR count). The molecule has 0 bridgehead atoms. The second-order valence-electron chi connectivity index (χ2n) is 3.83. The summed E-state index contributed by atoms with van der Waals surface area (Å²) < 4.78 is 19.9. The number of ether oxygens (including phenoxy) is 1. The minimum absolute atomic E-state index is 0.0935. The van der Waals surface area contributed by atoms with Crippen molar-refractivity contribution in [3.8, 4) is 0 Å². The Balaban J connectivity index is 2.77. The molecule has 0 radical (unpaired) electrons. The number of benzene rings is 1. The van der Waals surface area contributed by atoms with E-state index in [9.17, 15) is 4.39 Å². The molecule has 17 heavy (non-hydrogen) atoms. The lowest BCUT2D eigenvalue weighted by Crippen LogP contribution is -2.26. The van der Waals surface area contributed by atoms with Crippen molar-refractivity contribution in [2.45, 2.75) is 26.3 Å². The number of hydrogen-bond donors (Lipinski definition) is 1. The molecule has 0 saturated carbocycles. The van der Waals surface area contributed by atoms with Crippen molar-refractivity contribution >= 4 is 15.9 Å². The van der Waals surface area contributed by atoms with Crippen LogP contribution in [0.2, 0.25) is 0 Å². The van der Waals surface area contributed by atoms with E-state index in [1.165, 1.54) is 0 Å². The SMILES string of the molecule is CCCOCC(NCC)c1cccc(Br)c1F. The summed E-state index contributed by atoms with van der Waals surface area (Å²) in [6.07, 6.45) is 0.972. The highest BCUT2D eigenvalue weighted by atomic mass is 79.9. The molecular weight excluding hydrogens is 285 g/mol. The number of hydrogen-bond acceptors (Lipinski definition) is 2. The number of nitrogens with one attached hydrogen (secondary N) is 1. The van der Waals surface area contributed by atoms with Crippen LogP contribution >= 0.6 is 15.9 Å². The van der Waals surface area contributed by atoms with E-state index in [1.54, 1.807) is 12.1 Å². The predicted molar refractivity (Wildman–Crippen MR) is 71.6 cm³/mol. The van der Waals surface area contributed by atoms with Gasteiger partial charge in [0.15, 0.2) is 0 Å². The maximum Gasteiger partial charge on any atom is 0.142 e. The summed E-state index contributed by atoms with van der Waals surface area (Å²) in [6, 6.07) is 5.24. The highest BCUT2D eigenvalue weighted by molar-refractivity contribution is 9.10. The second kappa shape index (κ2) is 7.80. The van der Waals surface area contributed by atoms with Crippen molar-refractivity contribution < 1.29 is 9.13 Å². The lowest BCUT2D eigenvalue weighted by atomic mass is 10.1. The van der Waals surface area contributed by atoms with Gasteiger partial charge in [-0.2, -0.15) is 0 Å². The predicted octanol–water partition coefficient (Wildman–Crippen LogP) is 3.67. The van der Waals surface area contributed by atoms with Gasteiger partial charge < -0.3 is 10.1 Å². The van der Waals surface area contributed by atoms with Crippen molar-refractivity contribution in [2.75, 3.05) is 19.8 Å². The fraction of sp³-hybridized carbons (Fsp3) is 0.538. The van der Waals surface area contributed by atoms with Gasteiger partial charge in [0, 0.05) is 12.2 Å². The van der Waals surface area contributed by atoms with Gasteiger partial charge >= 0.3 is 0 Å². The molecule has 0 aliphatic heterocycles. The molecule has 0 aromatic heterocycles. The first-order valence-electron chi connectivity index (χ1n) is 5.95. The Morgan fingerprint density at radius 1 is 1.41 bits per heavy atom. The van der Waals surface area contributed by atoms with E-state index in [-0.39, 0.29) is 11.9 Å². The standard InChI is InChI=1S/C13H19BrFNO/c1-3-8-17-9-12(16-4-2)10-6-5-7-11(14)13(10)15/h5-7,12,16H,3-4,8-9H2,1-2H3. The van der Waals surface area contributed by atoms with Crippen LogP contribution < -0.4 is 5.32 Å². The van der Waals surface area contributed by atoms with Crippen molar-refractivity contribution in [3.05, 3.63) is 34.1 Å². The molecule has 0 saturated heterocycles. The Kier molecular flexibility index (Phi) is 6.70. The number of rotatable bonds is 7. The summed E-state index contributed by atoms with van der Waals surface area (Å²) in [7, 11) is 0. The fourth-order valence-electron chi connectivity index (χ4n) is 1.64. The lowest BCUT2D eigenvalue weighted by molar-refractivity contribution is 0.111. The summed E-state index contributed by atoms with van der Waals surface area (Å²) in [5.41, 5.74) is 0.650. The van der Waals surface area contributed by atoms with Gasteiger partial charge in [0.05, 0.1) is 17.1 Å². The summed E-state index contributed by atoms with van der Waals surface area (Å²) >= 11 is 3.20. The van der Waals surface area contributed by atoms with E-state index in [2.05, 4.69) is 28.2 Å². The van der Waals surface area contributed by atoms with E-state index in [0.717, 1.165) is 13.0 Å². The molecule has 4 heteroatoms. The Morgan fingerprint density at radius 2 is 2.18 bits per heavy atom. The summed E-state index contributed by atoms with van der Waals surface area (Å²) in [6.45, 7) is 6.04. The van der Waals surface area contributed by atoms with E-state index in [4.69, 9.17) is 4.74 Å². The van der Waals surface area contributed by atoms with E-state index in [0.29, 0.717) is 23.2 Å². The molecule has 1 atom stereocenters. The minimum atomic E-state index is -0.210. The molecule has 0 aliphatic carbocycles. The zero-order valence-corrected chi connectivity index (χ0v) is 11.9. The second-order valence-corrected chi connectivity index (χ2v) is 4.68. The van der Waals surface area contributed by atoms with Crippen molar-refractivity contribution in [1.82, 2.24) is 5.32 Å². The van der Waals surface area contributed by atoms with Crippen LogP contribution in [0.4, 0.5) is 4.39 Å². The van der Waals surface area contributed by atoms with Gasteiger partial charge in [-0.1, -0.05) is 26.0 Å². The Hall–Kier alpha value is -0.450. The zero-order chi connectivity index (χ0) is 12.7. The normalized spacial score (nSPS) is 12.7. The molecule has 2 nitrogen and oxygen atoms in total. The monoisotopic (exact) mass is 303 g/mol. The number of likely N-dealkylation sites (N-methyl/N-ethyl adjacent to an activating group) is 1. The molecule has 0 aliphatic rings. The van der Waals surface area contributed by atoms with Crippen LogP contribution in [-0.2, 0) is 4.74 Å². The van der Waals surface area contributed by atoms with E-state index >= 15 is 0 Å². The average molecular weight is 304 g/mol. The molecule has 0 amide bonds. The molecule has 0 spiro atoms. The summed E-state index contributed by atoms with van der Waals surface area (Å²) in [5.74, 6) is -0.210. The van der Waals surface area contributed by atoms with Gasteiger partial charge in [0.1, 0.15) is 5.82 Å². The van der Waals surface area contributed by atoms with Gasteiger partial charge in [-0.15, -0.1) is 0 Å². The van der Waals surface area contributed by atoms with Crippen LogP contribution in [0.3, 0.4) is 0 Å². The van der Waals surface area contributed by atoms with Crippen LogP contribution in [-0.4, -0.2) is 19.8 Å². The average Bonchev–Trinajstić information content (AvgIpc) is 2.32. The van der Waals surface area contributed by atoms with Gasteiger partial charge in [-0.3, -0.25) is 0 Å². The highest BCUT2D eigenvalue weighted by Gasteiger charge is 2.16. The van der Waals surface area contributed by atoms with E-state index < -0.39 is 0 Å². The molecule has 1 N–H and O–H groups in total. The zero-order valence-electron chi connectivity index (χ0n) is 10.3. The highest BCUT2D eigenvalue weighted by Crippen LogP contribution is 2.24. The van der Waals surface area contributed by atoms with Crippen LogP contribution in [0.1, 0.15) is 31.9 Å².